The Hall–Kier alpha value is -0.300. The number of hydrogen-bond acceptors (Lipinski definition) is 1. The van der Waals surface area contributed by atoms with Gasteiger partial charge in [-0.05, 0) is 75.5 Å². The maximum atomic E-state index is 10.8. The summed E-state index contributed by atoms with van der Waals surface area (Å²) in [6, 6.07) is 0. The lowest BCUT2D eigenvalue weighted by Crippen LogP contribution is -2.48. The van der Waals surface area contributed by atoms with Gasteiger partial charge in [-0.1, -0.05) is 31.4 Å². The summed E-state index contributed by atoms with van der Waals surface area (Å²) in [5, 5.41) is 10.8. The van der Waals surface area contributed by atoms with E-state index < -0.39 is 5.60 Å². The molecule has 3 saturated carbocycles. The first-order chi connectivity index (χ1) is 9.53. The highest BCUT2D eigenvalue weighted by atomic mass is 16.3. The Morgan fingerprint density at radius 1 is 1.00 bits per heavy atom. The smallest absolute Gasteiger partial charge is 0.0679 e. The van der Waals surface area contributed by atoms with Crippen LogP contribution in [0, 0.1) is 29.1 Å². The highest BCUT2D eigenvalue weighted by Gasteiger charge is 2.58. The molecule has 0 bridgehead atoms. The number of fused-ring (bicyclic) bond motifs is 5. The Morgan fingerprint density at radius 2 is 1.80 bits per heavy atom. The second kappa shape index (κ2) is 4.35. The quantitative estimate of drug-likeness (QED) is 0.635. The summed E-state index contributed by atoms with van der Waals surface area (Å²) in [4.78, 5) is 0. The maximum Gasteiger partial charge on any atom is 0.0679 e. The zero-order chi connectivity index (χ0) is 14.0. The monoisotopic (exact) mass is 274 g/mol. The Bertz CT molecular complexity index is 435. The van der Waals surface area contributed by atoms with E-state index in [1.54, 1.807) is 0 Å². The summed E-state index contributed by atoms with van der Waals surface area (Å²) in [5.41, 5.74) is 1.53. The molecule has 0 spiro atoms. The third-order valence-corrected chi connectivity index (χ3v) is 7.85. The van der Waals surface area contributed by atoms with Crippen LogP contribution in [0.25, 0.3) is 0 Å². The van der Waals surface area contributed by atoms with Gasteiger partial charge in [0.1, 0.15) is 0 Å². The van der Waals surface area contributed by atoms with Crippen LogP contribution >= 0.6 is 0 Å². The highest BCUT2D eigenvalue weighted by molar-refractivity contribution is 5.26. The average molecular weight is 274 g/mol. The number of allylic oxidation sites excluding steroid dienone is 2. The summed E-state index contributed by atoms with van der Waals surface area (Å²) in [6.45, 7) is 4.46. The third kappa shape index (κ3) is 1.65. The van der Waals surface area contributed by atoms with Crippen LogP contribution in [0.2, 0.25) is 0 Å². The van der Waals surface area contributed by atoms with Gasteiger partial charge in [-0.2, -0.15) is 0 Å². The fraction of sp³-hybridized carbons (Fsp3) is 0.895. The van der Waals surface area contributed by atoms with Gasteiger partial charge in [0, 0.05) is 5.41 Å². The lowest BCUT2D eigenvalue weighted by atomic mass is 9.53. The van der Waals surface area contributed by atoms with Gasteiger partial charge in [0.2, 0.25) is 0 Å². The number of aliphatic hydroxyl groups is 1. The van der Waals surface area contributed by atoms with Crippen LogP contribution in [-0.4, -0.2) is 10.7 Å². The minimum absolute atomic E-state index is 0.142. The van der Waals surface area contributed by atoms with E-state index in [0.717, 1.165) is 36.5 Å². The molecule has 4 rings (SSSR count). The predicted octanol–water partition coefficient (Wildman–Crippen LogP) is 4.70. The molecule has 0 radical (unpaired) electrons. The molecule has 0 heterocycles. The zero-order valence-electron chi connectivity index (χ0n) is 13.2. The number of hydrogen-bond donors (Lipinski definition) is 1. The Balaban J connectivity index is 1.68. The van der Waals surface area contributed by atoms with Gasteiger partial charge >= 0.3 is 0 Å². The summed E-state index contributed by atoms with van der Waals surface area (Å²) in [6.07, 6.45) is 14.7. The van der Waals surface area contributed by atoms with E-state index in [4.69, 9.17) is 0 Å². The van der Waals surface area contributed by atoms with Crippen molar-refractivity contribution in [3.05, 3.63) is 11.6 Å². The molecule has 0 aromatic carbocycles. The van der Waals surface area contributed by atoms with Crippen molar-refractivity contribution in [2.24, 2.45) is 29.1 Å². The molecule has 0 aromatic heterocycles. The van der Waals surface area contributed by atoms with Crippen molar-refractivity contribution in [1.29, 1.82) is 0 Å². The molecule has 1 heteroatoms. The van der Waals surface area contributed by atoms with Gasteiger partial charge in [0.05, 0.1) is 5.60 Å². The number of rotatable bonds is 0. The highest BCUT2D eigenvalue weighted by Crippen LogP contribution is 2.63. The van der Waals surface area contributed by atoms with Gasteiger partial charge < -0.3 is 5.11 Å². The minimum Gasteiger partial charge on any atom is -0.390 e. The Kier molecular flexibility index (Phi) is 2.91. The molecule has 0 amide bonds. The van der Waals surface area contributed by atoms with Gasteiger partial charge in [-0.25, -0.2) is 0 Å². The third-order valence-electron chi connectivity index (χ3n) is 7.85. The van der Waals surface area contributed by atoms with E-state index in [1.165, 1.54) is 44.9 Å². The van der Waals surface area contributed by atoms with E-state index >= 15 is 0 Å². The van der Waals surface area contributed by atoms with Crippen molar-refractivity contribution < 1.29 is 5.11 Å². The molecule has 4 aliphatic carbocycles. The van der Waals surface area contributed by atoms with Gasteiger partial charge in [0.15, 0.2) is 0 Å². The van der Waals surface area contributed by atoms with Crippen molar-refractivity contribution >= 4 is 0 Å². The lowest BCUT2D eigenvalue weighted by molar-refractivity contribution is -0.0686. The van der Waals surface area contributed by atoms with Crippen molar-refractivity contribution in [2.45, 2.75) is 77.2 Å². The van der Waals surface area contributed by atoms with Crippen LogP contribution in [0.5, 0.6) is 0 Å². The fourth-order valence-electron chi connectivity index (χ4n) is 6.35. The first kappa shape index (κ1) is 13.4. The normalized spacial score (nSPS) is 54.6. The van der Waals surface area contributed by atoms with Crippen LogP contribution < -0.4 is 0 Å². The second-order valence-electron chi connectivity index (χ2n) is 8.58. The first-order valence-corrected chi connectivity index (χ1v) is 8.95. The summed E-state index contributed by atoms with van der Waals surface area (Å²) < 4.78 is 0. The molecule has 20 heavy (non-hydrogen) atoms. The summed E-state index contributed by atoms with van der Waals surface area (Å²) in [7, 11) is 0. The van der Waals surface area contributed by atoms with Crippen LogP contribution in [-0.2, 0) is 0 Å². The minimum atomic E-state index is -0.441. The van der Waals surface area contributed by atoms with Crippen molar-refractivity contribution in [1.82, 2.24) is 0 Å². The summed E-state index contributed by atoms with van der Waals surface area (Å²) >= 11 is 0. The summed E-state index contributed by atoms with van der Waals surface area (Å²) in [5.74, 6) is 3.47. The van der Waals surface area contributed by atoms with Crippen LogP contribution in [0.4, 0.5) is 0 Å². The predicted molar refractivity (Wildman–Crippen MR) is 82.3 cm³/mol. The van der Waals surface area contributed by atoms with E-state index in [9.17, 15) is 5.11 Å². The molecular weight excluding hydrogens is 244 g/mol. The van der Waals surface area contributed by atoms with Crippen LogP contribution in [0.15, 0.2) is 11.6 Å². The molecule has 3 fully saturated rings. The molecule has 1 N–H and O–H groups in total. The van der Waals surface area contributed by atoms with Crippen molar-refractivity contribution in [3.8, 4) is 0 Å². The van der Waals surface area contributed by atoms with Gasteiger partial charge in [0.25, 0.3) is 0 Å². The Labute approximate surface area is 123 Å². The van der Waals surface area contributed by atoms with E-state index in [1.807, 2.05) is 5.57 Å². The lowest BCUT2D eigenvalue weighted by Gasteiger charge is -2.52. The standard InChI is InChI=1S/C19H30O/c1-18-11-9-15-14-6-4-3-5-13(14)7-8-16(15)17(18)10-12-19(18,2)20/h9,13-14,16-17,20H,3-8,10-12H2,1-2H3/t13?,14?,16?,17?,18-,19-/m0/s1. The SMILES string of the molecule is C[C@]1(O)CCC2C3CCC4CCCCC4C3=CC[C@@]21C. The largest absolute Gasteiger partial charge is 0.390 e. The molecule has 4 unspecified atom stereocenters. The average Bonchev–Trinajstić information content (AvgIpc) is 2.69. The topological polar surface area (TPSA) is 20.2 Å². The van der Waals surface area contributed by atoms with E-state index in [2.05, 4.69) is 19.9 Å². The molecule has 0 saturated heterocycles. The van der Waals surface area contributed by atoms with Crippen molar-refractivity contribution in [2.75, 3.05) is 0 Å². The Morgan fingerprint density at radius 3 is 2.65 bits per heavy atom. The van der Waals surface area contributed by atoms with Crippen molar-refractivity contribution in [3.63, 3.8) is 0 Å². The van der Waals surface area contributed by atoms with E-state index in [0.29, 0.717) is 0 Å². The molecular formula is C19H30O. The molecule has 1 nitrogen and oxygen atoms in total. The fourth-order valence-corrected chi connectivity index (χ4v) is 6.35. The molecule has 6 atom stereocenters. The van der Waals surface area contributed by atoms with Crippen LogP contribution in [0.3, 0.4) is 0 Å². The van der Waals surface area contributed by atoms with Gasteiger partial charge in [-0.3, -0.25) is 0 Å². The second-order valence-corrected chi connectivity index (χ2v) is 8.58. The molecule has 0 aromatic rings. The van der Waals surface area contributed by atoms with E-state index in [-0.39, 0.29) is 5.41 Å². The zero-order valence-corrected chi connectivity index (χ0v) is 13.2. The molecule has 4 aliphatic rings. The first-order valence-electron chi connectivity index (χ1n) is 8.95. The molecule has 0 aliphatic heterocycles. The van der Waals surface area contributed by atoms with Gasteiger partial charge in [-0.15, -0.1) is 0 Å². The molecule has 112 valence electrons. The van der Waals surface area contributed by atoms with Crippen LogP contribution in [0.1, 0.15) is 71.6 Å². The maximum absolute atomic E-state index is 10.8.